The summed E-state index contributed by atoms with van der Waals surface area (Å²) in [6.07, 6.45) is 6.24. The molecule has 1 saturated carbocycles. The lowest BCUT2D eigenvalue weighted by Gasteiger charge is -2.23. The molecule has 1 aromatic carbocycles. The van der Waals surface area contributed by atoms with E-state index in [1.165, 1.54) is 18.2 Å². The molecule has 0 radical (unpaired) electrons. The summed E-state index contributed by atoms with van der Waals surface area (Å²) in [5.41, 5.74) is -0.479. The molecule has 2 N–H and O–H groups in total. The molecule has 0 saturated heterocycles. The van der Waals surface area contributed by atoms with Gasteiger partial charge in [0.1, 0.15) is 5.75 Å². The van der Waals surface area contributed by atoms with E-state index < -0.39 is 16.5 Å². The van der Waals surface area contributed by atoms with Crippen LogP contribution >= 0.6 is 0 Å². The Morgan fingerprint density at radius 2 is 2.05 bits per heavy atom. The van der Waals surface area contributed by atoms with E-state index in [2.05, 4.69) is 11.9 Å². The van der Waals surface area contributed by atoms with Crippen molar-refractivity contribution in [2.75, 3.05) is 0 Å². The SMILES string of the molecule is C=Cc1ccc(O)c(C(=O)NC2CCCCC2)c1[N+](=O)[O-]. The van der Waals surface area contributed by atoms with Crippen LogP contribution in [0, 0.1) is 10.1 Å². The Morgan fingerprint density at radius 1 is 1.38 bits per heavy atom. The first kappa shape index (κ1) is 15.0. The number of hydrogen-bond acceptors (Lipinski definition) is 4. The van der Waals surface area contributed by atoms with Gasteiger partial charge in [-0.15, -0.1) is 0 Å². The smallest absolute Gasteiger partial charge is 0.293 e. The first-order valence-electron chi connectivity index (χ1n) is 6.98. The number of aromatic hydroxyl groups is 1. The van der Waals surface area contributed by atoms with Gasteiger partial charge in [-0.05, 0) is 25.0 Å². The van der Waals surface area contributed by atoms with Crippen molar-refractivity contribution < 1.29 is 14.8 Å². The normalized spacial score (nSPS) is 15.4. The van der Waals surface area contributed by atoms with Crippen LogP contribution in [0.1, 0.15) is 48.0 Å². The number of nitro benzene ring substituents is 1. The minimum atomic E-state index is -0.660. The Hall–Kier alpha value is -2.37. The molecule has 0 atom stereocenters. The number of nitrogens with zero attached hydrogens (tertiary/aromatic N) is 1. The van der Waals surface area contributed by atoms with Crippen molar-refractivity contribution in [1.29, 1.82) is 0 Å². The number of nitrogens with one attached hydrogen (secondary N) is 1. The molecule has 1 fully saturated rings. The minimum Gasteiger partial charge on any atom is -0.507 e. The summed E-state index contributed by atoms with van der Waals surface area (Å²) in [7, 11) is 0. The fraction of sp³-hybridized carbons (Fsp3) is 0.400. The van der Waals surface area contributed by atoms with Crippen molar-refractivity contribution in [3.8, 4) is 5.75 Å². The molecule has 0 aromatic heterocycles. The topological polar surface area (TPSA) is 92.5 Å². The van der Waals surface area contributed by atoms with Crippen LogP contribution in [0.25, 0.3) is 6.08 Å². The second-order valence-electron chi connectivity index (χ2n) is 5.17. The maximum Gasteiger partial charge on any atom is 0.293 e. The van der Waals surface area contributed by atoms with Crippen LogP contribution in [0.5, 0.6) is 5.75 Å². The standard InChI is InChI=1S/C15H18N2O4/c1-2-10-8-9-12(18)13(14(10)17(20)21)15(19)16-11-6-4-3-5-7-11/h2,8-9,11,18H,1,3-7H2,(H,16,19). The van der Waals surface area contributed by atoms with Crippen molar-refractivity contribution >= 4 is 17.7 Å². The molecule has 6 heteroatoms. The molecule has 0 bridgehead atoms. The van der Waals surface area contributed by atoms with Crippen LogP contribution in [0.15, 0.2) is 18.7 Å². The van der Waals surface area contributed by atoms with Crippen molar-refractivity contribution in [3.63, 3.8) is 0 Å². The summed E-state index contributed by atoms with van der Waals surface area (Å²) in [5, 5.41) is 23.9. The number of benzene rings is 1. The zero-order chi connectivity index (χ0) is 15.4. The Labute approximate surface area is 122 Å². The van der Waals surface area contributed by atoms with Gasteiger partial charge in [-0.3, -0.25) is 14.9 Å². The van der Waals surface area contributed by atoms with E-state index in [4.69, 9.17) is 0 Å². The first-order chi connectivity index (χ1) is 10.0. The van der Waals surface area contributed by atoms with Gasteiger partial charge in [0.05, 0.1) is 10.5 Å². The molecular formula is C15H18N2O4. The number of carbonyl (C=O) groups is 1. The largest absolute Gasteiger partial charge is 0.507 e. The van der Waals surface area contributed by atoms with Gasteiger partial charge in [0.2, 0.25) is 0 Å². The van der Waals surface area contributed by atoms with E-state index in [-0.39, 0.29) is 22.9 Å². The van der Waals surface area contributed by atoms with Gasteiger partial charge >= 0.3 is 0 Å². The number of phenolic OH excluding ortho intramolecular Hbond substituents is 1. The van der Waals surface area contributed by atoms with E-state index in [9.17, 15) is 20.0 Å². The summed E-state index contributed by atoms with van der Waals surface area (Å²) in [6, 6.07) is 2.66. The first-order valence-corrected chi connectivity index (χ1v) is 6.98. The molecule has 6 nitrogen and oxygen atoms in total. The molecule has 21 heavy (non-hydrogen) atoms. The van der Waals surface area contributed by atoms with E-state index in [1.54, 1.807) is 0 Å². The summed E-state index contributed by atoms with van der Waals surface area (Å²) in [6.45, 7) is 3.50. The number of rotatable bonds is 4. The monoisotopic (exact) mass is 290 g/mol. The molecule has 0 unspecified atom stereocenters. The van der Waals surface area contributed by atoms with Crippen LogP contribution in [-0.2, 0) is 0 Å². The van der Waals surface area contributed by atoms with Gasteiger partial charge in [-0.1, -0.05) is 31.9 Å². The molecule has 2 rings (SSSR count). The number of nitro groups is 1. The van der Waals surface area contributed by atoms with E-state index >= 15 is 0 Å². The number of hydrogen-bond donors (Lipinski definition) is 2. The molecule has 0 spiro atoms. The molecule has 1 aliphatic carbocycles. The summed E-state index contributed by atoms with van der Waals surface area (Å²) in [5.74, 6) is -0.990. The van der Waals surface area contributed by atoms with Crippen LogP contribution < -0.4 is 5.32 Å². The lowest BCUT2D eigenvalue weighted by atomic mass is 9.95. The molecule has 0 aliphatic heterocycles. The fourth-order valence-corrected chi connectivity index (χ4v) is 2.69. The third-order valence-corrected chi connectivity index (χ3v) is 3.76. The predicted molar refractivity (Wildman–Crippen MR) is 79.2 cm³/mol. The Balaban J connectivity index is 2.34. The second kappa shape index (κ2) is 6.39. The quantitative estimate of drug-likeness (QED) is 0.658. The van der Waals surface area contributed by atoms with Gasteiger partial charge in [0.15, 0.2) is 5.56 Å². The van der Waals surface area contributed by atoms with E-state index in [0.717, 1.165) is 32.1 Å². The average molecular weight is 290 g/mol. The highest BCUT2D eigenvalue weighted by Gasteiger charge is 2.29. The van der Waals surface area contributed by atoms with Gasteiger partial charge in [-0.2, -0.15) is 0 Å². The van der Waals surface area contributed by atoms with Crippen molar-refractivity contribution in [1.82, 2.24) is 5.32 Å². The van der Waals surface area contributed by atoms with Gasteiger partial charge in [0, 0.05) is 6.04 Å². The van der Waals surface area contributed by atoms with E-state index in [1.807, 2.05) is 0 Å². The van der Waals surface area contributed by atoms with Crippen LogP contribution in [0.2, 0.25) is 0 Å². The highest BCUT2D eigenvalue weighted by atomic mass is 16.6. The summed E-state index contributed by atoms with van der Waals surface area (Å²) >= 11 is 0. The molecule has 1 aliphatic rings. The van der Waals surface area contributed by atoms with Crippen LogP contribution in [0.3, 0.4) is 0 Å². The summed E-state index contributed by atoms with van der Waals surface area (Å²) < 4.78 is 0. The van der Waals surface area contributed by atoms with Crippen LogP contribution in [-0.4, -0.2) is 22.0 Å². The fourth-order valence-electron chi connectivity index (χ4n) is 2.69. The minimum absolute atomic E-state index is 0.0117. The molecule has 0 heterocycles. The van der Waals surface area contributed by atoms with Gasteiger partial charge < -0.3 is 10.4 Å². The third kappa shape index (κ3) is 3.21. The van der Waals surface area contributed by atoms with Gasteiger partial charge in [0.25, 0.3) is 11.6 Å². The second-order valence-corrected chi connectivity index (χ2v) is 5.17. The molecule has 1 amide bonds. The maximum absolute atomic E-state index is 12.3. The zero-order valence-electron chi connectivity index (χ0n) is 11.7. The maximum atomic E-state index is 12.3. The van der Waals surface area contributed by atoms with E-state index in [0.29, 0.717) is 0 Å². The van der Waals surface area contributed by atoms with Crippen molar-refractivity contribution in [2.24, 2.45) is 0 Å². The highest BCUT2D eigenvalue weighted by molar-refractivity contribution is 6.02. The molecule has 112 valence electrons. The molecular weight excluding hydrogens is 272 g/mol. The lowest BCUT2D eigenvalue weighted by molar-refractivity contribution is -0.385. The Morgan fingerprint density at radius 3 is 2.62 bits per heavy atom. The van der Waals surface area contributed by atoms with Gasteiger partial charge in [-0.25, -0.2) is 0 Å². The predicted octanol–water partition coefficient (Wildman–Crippen LogP) is 3.01. The number of amides is 1. The van der Waals surface area contributed by atoms with Crippen molar-refractivity contribution in [3.05, 3.63) is 40.0 Å². The van der Waals surface area contributed by atoms with Crippen LogP contribution in [0.4, 0.5) is 5.69 Å². The zero-order valence-corrected chi connectivity index (χ0v) is 11.7. The highest BCUT2D eigenvalue weighted by Crippen LogP contribution is 2.32. The number of carbonyl (C=O) groups excluding carboxylic acids is 1. The Bertz CT molecular complexity index is 577. The number of phenols is 1. The van der Waals surface area contributed by atoms with Crippen molar-refractivity contribution in [2.45, 2.75) is 38.1 Å². The summed E-state index contributed by atoms with van der Waals surface area (Å²) in [4.78, 5) is 22.9. The lowest BCUT2D eigenvalue weighted by Crippen LogP contribution is -2.36. The third-order valence-electron chi connectivity index (χ3n) is 3.76. The Kier molecular flexibility index (Phi) is 4.57. The average Bonchev–Trinajstić information content (AvgIpc) is 2.47. The molecule has 1 aromatic rings.